The molecule has 0 saturated carbocycles. The van der Waals surface area contributed by atoms with Crippen molar-refractivity contribution in [3.8, 4) is 0 Å². The number of hydrogen-bond acceptors (Lipinski definition) is 3. The molecule has 5 heteroatoms. The average molecular weight is 275 g/mol. The number of anilines is 1. The number of halogens is 1. The van der Waals surface area contributed by atoms with Gasteiger partial charge >= 0.3 is 0 Å². The number of hydrogen-bond donors (Lipinski definition) is 2. The van der Waals surface area contributed by atoms with Crippen molar-refractivity contribution in [1.82, 2.24) is 9.97 Å². The van der Waals surface area contributed by atoms with Crippen molar-refractivity contribution in [2.24, 2.45) is 0 Å². The van der Waals surface area contributed by atoms with Gasteiger partial charge in [-0.2, -0.15) is 0 Å². The minimum Gasteiger partial charge on any atom is -0.348 e. The zero-order valence-electron chi connectivity index (χ0n) is 10.7. The first-order valence-electron chi connectivity index (χ1n) is 6.10. The van der Waals surface area contributed by atoms with E-state index in [1.54, 1.807) is 17.4 Å². The molecule has 0 spiro atoms. The molecule has 2 N–H and O–H groups in total. The zero-order valence-corrected chi connectivity index (χ0v) is 11.5. The molecule has 3 aromatic rings. The minimum atomic E-state index is -0.260. The Balaban J connectivity index is 1.85. The molecule has 0 bridgehead atoms. The van der Waals surface area contributed by atoms with E-state index in [9.17, 15) is 4.39 Å². The van der Waals surface area contributed by atoms with E-state index in [0.717, 1.165) is 5.52 Å². The second-order valence-electron chi connectivity index (χ2n) is 4.56. The molecule has 1 unspecified atom stereocenters. The first-order chi connectivity index (χ1) is 9.11. The molecule has 2 heterocycles. The molecule has 0 amide bonds. The van der Waals surface area contributed by atoms with E-state index in [1.807, 2.05) is 0 Å². The SMILES string of the molecule is Cc1ccc(C(C)Nc2nc3ccc(F)cc3[nH]2)s1. The van der Waals surface area contributed by atoms with Gasteiger partial charge in [0.15, 0.2) is 0 Å². The number of fused-ring (bicyclic) bond motifs is 1. The number of benzene rings is 1. The Bertz CT molecular complexity index is 716. The molecule has 0 aliphatic rings. The molecule has 3 nitrogen and oxygen atoms in total. The van der Waals surface area contributed by atoms with E-state index < -0.39 is 0 Å². The highest BCUT2D eigenvalue weighted by Crippen LogP contribution is 2.25. The summed E-state index contributed by atoms with van der Waals surface area (Å²) in [6.45, 7) is 4.17. The molecule has 1 aromatic carbocycles. The van der Waals surface area contributed by atoms with Gasteiger partial charge in [0.25, 0.3) is 0 Å². The molecule has 98 valence electrons. The van der Waals surface area contributed by atoms with Gasteiger partial charge < -0.3 is 10.3 Å². The Morgan fingerprint density at radius 1 is 1.32 bits per heavy atom. The van der Waals surface area contributed by atoms with Crippen molar-refractivity contribution in [2.45, 2.75) is 19.9 Å². The maximum absolute atomic E-state index is 13.1. The topological polar surface area (TPSA) is 40.7 Å². The van der Waals surface area contributed by atoms with Crippen LogP contribution < -0.4 is 5.32 Å². The van der Waals surface area contributed by atoms with Gasteiger partial charge in [0.2, 0.25) is 5.95 Å². The predicted octanol–water partition coefficient (Wildman–Crippen LogP) is 4.25. The van der Waals surface area contributed by atoms with Gasteiger partial charge in [0.05, 0.1) is 17.1 Å². The second kappa shape index (κ2) is 4.66. The maximum Gasteiger partial charge on any atom is 0.201 e. The molecule has 3 rings (SSSR count). The summed E-state index contributed by atoms with van der Waals surface area (Å²) in [5.41, 5.74) is 1.47. The number of nitrogens with zero attached hydrogens (tertiary/aromatic N) is 1. The summed E-state index contributed by atoms with van der Waals surface area (Å²) in [5, 5.41) is 3.30. The van der Waals surface area contributed by atoms with Gasteiger partial charge in [-0.15, -0.1) is 11.3 Å². The molecule has 0 saturated heterocycles. The highest BCUT2D eigenvalue weighted by atomic mass is 32.1. The molecular weight excluding hydrogens is 261 g/mol. The molecule has 0 aliphatic carbocycles. The van der Waals surface area contributed by atoms with Gasteiger partial charge in [0, 0.05) is 9.75 Å². The summed E-state index contributed by atoms with van der Waals surface area (Å²) in [4.78, 5) is 10.0. The van der Waals surface area contributed by atoms with Crippen LogP contribution in [-0.4, -0.2) is 9.97 Å². The summed E-state index contributed by atoms with van der Waals surface area (Å²) in [7, 11) is 0. The monoisotopic (exact) mass is 275 g/mol. The van der Waals surface area contributed by atoms with Crippen LogP contribution in [0, 0.1) is 12.7 Å². The first kappa shape index (κ1) is 12.2. The van der Waals surface area contributed by atoms with E-state index in [1.165, 1.54) is 21.9 Å². The quantitative estimate of drug-likeness (QED) is 0.750. The van der Waals surface area contributed by atoms with Crippen LogP contribution in [0.25, 0.3) is 11.0 Å². The Morgan fingerprint density at radius 2 is 2.16 bits per heavy atom. The summed E-state index contributed by atoms with van der Waals surface area (Å²) < 4.78 is 13.1. The number of rotatable bonds is 3. The number of H-pyrrole nitrogens is 1. The third kappa shape index (κ3) is 2.46. The number of aromatic amines is 1. The number of imidazole rings is 1. The summed E-state index contributed by atoms with van der Waals surface area (Å²) in [5.74, 6) is 0.406. The van der Waals surface area contributed by atoms with E-state index in [4.69, 9.17) is 0 Å². The van der Waals surface area contributed by atoms with E-state index in [2.05, 4.69) is 41.3 Å². The predicted molar refractivity (Wildman–Crippen MR) is 77.1 cm³/mol. The normalized spacial score (nSPS) is 12.8. The van der Waals surface area contributed by atoms with Gasteiger partial charge in [-0.05, 0) is 44.2 Å². The van der Waals surface area contributed by atoms with Crippen LogP contribution in [0.15, 0.2) is 30.3 Å². The molecule has 1 atom stereocenters. The van der Waals surface area contributed by atoms with Crippen LogP contribution in [0.1, 0.15) is 22.7 Å². The van der Waals surface area contributed by atoms with Crippen molar-refractivity contribution in [1.29, 1.82) is 0 Å². The highest BCUT2D eigenvalue weighted by Gasteiger charge is 2.10. The third-order valence-electron chi connectivity index (χ3n) is 2.99. The van der Waals surface area contributed by atoms with Crippen molar-refractivity contribution in [3.05, 3.63) is 45.9 Å². The fourth-order valence-electron chi connectivity index (χ4n) is 2.01. The van der Waals surface area contributed by atoms with Gasteiger partial charge in [-0.1, -0.05) is 0 Å². The molecule has 0 fully saturated rings. The highest BCUT2D eigenvalue weighted by molar-refractivity contribution is 7.12. The van der Waals surface area contributed by atoms with Gasteiger partial charge in [0.1, 0.15) is 5.82 Å². The fourth-order valence-corrected chi connectivity index (χ4v) is 2.89. The lowest BCUT2D eigenvalue weighted by Gasteiger charge is -2.10. The Hall–Kier alpha value is -1.88. The Labute approximate surface area is 114 Å². The number of thiophene rings is 1. The van der Waals surface area contributed by atoms with Crippen molar-refractivity contribution in [2.75, 3.05) is 5.32 Å². The van der Waals surface area contributed by atoms with Crippen LogP contribution in [-0.2, 0) is 0 Å². The first-order valence-corrected chi connectivity index (χ1v) is 6.91. The molecular formula is C14H14FN3S. The summed E-state index contributed by atoms with van der Waals surface area (Å²) in [6.07, 6.45) is 0. The van der Waals surface area contributed by atoms with Crippen molar-refractivity contribution in [3.63, 3.8) is 0 Å². The van der Waals surface area contributed by atoms with Crippen LogP contribution in [0.2, 0.25) is 0 Å². The lowest BCUT2D eigenvalue weighted by Crippen LogP contribution is -2.05. The zero-order chi connectivity index (χ0) is 13.4. The Morgan fingerprint density at radius 3 is 2.89 bits per heavy atom. The molecule has 0 aliphatic heterocycles. The Kier molecular flexibility index (Phi) is 2.98. The molecule has 19 heavy (non-hydrogen) atoms. The number of nitrogens with one attached hydrogen (secondary N) is 2. The molecule has 0 radical (unpaired) electrons. The van der Waals surface area contributed by atoms with Crippen LogP contribution in [0.3, 0.4) is 0 Å². The van der Waals surface area contributed by atoms with Gasteiger partial charge in [-0.3, -0.25) is 0 Å². The summed E-state index contributed by atoms with van der Waals surface area (Å²) in [6, 6.07) is 8.93. The lowest BCUT2D eigenvalue weighted by molar-refractivity contribution is 0.629. The van der Waals surface area contributed by atoms with Crippen LogP contribution >= 0.6 is 11.3 Å². The smallest absolute Gasteiger partial charge is 0.201 e. The van der Waals surface area contributed by atoms with Crippen LogP contribution in [0.4, 0.5) is 10.3 Å². The second-order valence-corrected chi connectivity index (χ2v) is 5.88. The standard InChI is InChI=1S/C14H14FN3S/c1-8-3-6-13(19-8)9(2)16-14-17-11-5-4-10(15)7-12(11)18-14/h3-7,9H,1-2H3,(H2,16,17,18). The average Bonchev–Trinajstić information content (AvgIpc) is 2.94. The number of aryl methyl sites for hydroxylation is 1. The van der Waals surface area contributed by atoms with Crippen LogP contribution in [0.5, 0.6) is 0 Å². The number of aromatic nitrogens is 2. The minimum absolute atomic E-state index is 0.170. The third-order valence-corrected chi connectivity index (χ3v) is 4.17. The van der Waals surface area contributed by atoms with E-state index in [0.29, 0.717) is 11.5 Å². The fraction of sp³-hybridized carbons (Fsp3) is 0.214. The summed E-state index contributed by atoms with van der Waals surface area (Å²) >= 11 is 1.76. The van der Waals surface area contributed by atoms with E-state index in [-0.39, 0.29) is 11.9 Å². The van der Waals surface area contributed by atoms with Crippen molar-refractivity contribution < 1.29 is 4.39 Å². The molecule has 2 aromatic heterocycles. The lowest BCUT2D eigenvalue weighted by atomic mass is 10.3. The van der Waals surface area contributed by atoms with Crippen molar-refractivity contribution >= 4 is 28.3 Å². The van der Waals surface area contributed by atoms with Gasteiger partial charge in [-0.25, -0.2) is 9.37 Å². The van der Waals surface area contributed by atoms with E-state index >= 15 is 0 Å². The maximum atomic E-state index is 13.1. The largest absolute Gasteiger partial charge is 0.348 e.